The maximum Gasteiger partial charge on any atom is 0.289 e. The van der Waals surface area contributed by atoms with Crippen molar-refractivity contribution in [2.24, 2.45) is 0 Å². The summed E-state index contributed by atoms with van der Waals surface area (Å²) in [4.78, 5) is 32.9. The number of fused-ring (bicyclic) bond motifs is 1. The molecule has 0 unspecified atom stereocenters. The molecule has 3 aromatic rings. The van der Waals surface area contributed by atoms with Gasteiger partial charge in [0.25, 0.3) is 11.8 Å². The van der Waals surface area contributed by atoms with Crippen LogP contribution in [-0.2, 0) is 0 Å². The predicted octanol–water partition coefficient (Wildman–Crippen LogP) is 1.83. The highest BCUT2D eigenvalue weighted by molar-refractivity contribution is 5.94. The van der Waals surface area contributed by atoms with Crippen molar-refractivity contribution in [3.05, 3.63) is 59.9 Å². The van der Waals surface area contributed by atoms with E-state index in [1.807, 2.05) is 29.5 Å². The molecule has 1 fully saturated rings. The number of furan rings is 1. The molecule has 7 nitrogen and oxygen atoms in total. The van der Waals surface area contributed by atoms with Crippen LogP contribution in [-0.4, -0.2) is 57.2 Å². The number of carbonyl (C=O) groups is 2. The first-order valence-corrected chi connectivity index (χ1v) is 8.20. The molecule has 0 radical (unpaired) electrons. The van der Waals surface area contributed by atoms with Crippen LogP contribution in [0.5, 0.6) is 0 Å². The van der Waals surface area contributed by atoms with Gasteiger partial charge in [0, 0.05) is 38.1 Å². The zero-order chi connectivity index (χ0) is 17.4. The molecule has 0 N–H and O–H groups in total. The minimum atomic E-state index is -0.138. The standard InChI is InChI=1S/C18H18N4O3/c1-13-4-2-6-16-19-14(12-22(13)16)17(23)20-7-9-21(10-8-20)18(24)15-5-3-11-25-15/h2-6,11-12H,7-10H2,1H3. The van der Waals surface area contributed by atoms with Crippen LogP contribution in [0.2, 0.25) is 0 Å². The fourth-order valence-corrected chi connectivity index (χ4v) is 3.08. The van der Waals surface area contributed by atoms with Gasteiger partial charge in [0.15, 0.2) is 5.76 Å². The molecule has 2 amide bonds. The Morgan fingerprint density at radius 2 is 1.72 bits per heavy atom. The first-order valence-electron chi connectivity index (χ1n) is 8.20. The Labute approximate surface area is 144 Å². The van der Waals surface area contributed by atoms with Gasteiger partial charge in [-0.05, 0) is 31.2 Å². The van der Waals surface area contributed by atoms with Crippen molar-refractivity contribution in [2.75, 3.05) is 26.2 Å². The van der Waals surface area contributed by atoms with Crippen LogP contribution in [0.3, 0.4) is 0 Å². The number of hydrogen-bond acceptors (Lipinski definition) is 4. The van der Waals surface area contributed by atoms with E-state index in [9.17, 15) is 9.59 Å². The number of pyridine rings is 1. The van der Waals surface area contributed by atoms with Gasteiger partial charge in [-0.15, -0.1) is 0 Å². The Morgan fingerprint density at radius 1 is 1.00 bits per heavy atom. The van der Waals surface area contributed by atoms with Crippen LogP contribution in [0.4, 0.5) is 0 Å². The third-order valence-electron chi connectivity index (χ3n) is 4.50. The summed E-state index contributed by atoms with van der Waals surface area (Å²) in [5.74, 6) is 0.0873. The number of hydrogen-bond donors (Lipinski definition) is 0. The molecule has 0 saturated carbocycles. The summed E-state index contributed by atoms with van der Waals surface area (Å²) in [6.45, 7) is 3.91. The van der Waals surface area contributed by atoms with Crippen LogP contribution < -0.4 is 0 Å². The van der Waals surface area contributed by atoms with E-state index < -0.39 is 0 Å². The average molecular weight is 338 g/mol. The number of amides is 2. The molecule has 0 atom stereocenters. The molecule has 0 spiro atoms. The zero-order valence-corrected chi connectivity index (χ0v) is 13.9. The number of rotatable bonds is 2. The number of carbonyl (C=O) groups excluding carboxylic acids is 2. The van der Waals surface area contributed by atoms with Crippen molar-refractivity contribution in [1.82, 2.24) is 19.2 Å². The van der Waals surface area contributed by atoms with Gasteiger partial charge in [0.1, 0.15) is 11.3 Å². The van der Waals surface area contributed by atoms with E-state index in [1.54, 1.807) is 28.1 Å². The summed E-state index contributed by atoms with van der Waals surface area (Å²) in [6, 6.07) is 9.12. The fourth-order valence-electron chi connectivity index (χ4n) is 3.08. The van der Waals surface area contributed by atoms with Gasteiger partial charge in [-0.25, -0.2) is 4.98 Å². The summed E-state index contributed by atoms with van der Waals surface area (Å²) in [7, 11) is 0. The second-order valence-electron chi connectivity index (χ2n) is 6.08. The van der Waals surface area contributed by atoms with Gasteiger partial charge < -0.3 is 18.6 Å². The number of nitrogens with zero attached hydrogens (tertiary/aromatic N) is 4. The van der Waals surface area contributed by atoms with E-state index in [0.717, 1.165) is 11.3 Å². The summed E-state index contributed by atoms with van der Waals surface area (Å²) in [5.41, 5.74) is 2.22. The average Bonchev–Trinajstić information content (AvgIpc) is 3.31. The first-order chi connectivity index (χ1) is 12.1. The van der Waals surface area contributed by atoms with Gasteiger partial charge in [0.2, 0.25) is 0 Å². The van der Waals surface area contributed by atoms with Crippen molar-refractivity contribution >= 4 is 17.5 Å². The van der Waals surface area contributed by atoms with Crippen LogP contribution in [0.25, 0.3) is 5.65 Å². The lowest BCUT2D eigenvalue weighted by molar-refractivity contribution is 0.0515. The fraction of sp³-hybridized carbons (Fsp3) is 0.278. The highest BCUT2D eigenvalue weighted by atomic mass is 16.3. The molecule has 3 aromatic heterocycles. The Balaban J connectivity index is 1.45. The summed E-state index contributed by atoms with van der Waals surface area (Å²) in [5, 5.41) is 0. The Bertz CT molecular complexity index is 921. The lowest BCUT2D eigenvalue weighted by Crippen LogP contribution is -2.50. The van der Waals surface area contributed by atoms with Crippen molar-refractivity contribution in [3.63, 3.8) is 0 Å². The number of aryl methyl sites for hydroxylation is 1. The highest BCUT2D eigenvalue weighted by Gasteiger charge is 2.27. The van der Waals surface area contributed by atoms with E-state index in [1.165, 1.54) is 6.26 Å². The number of piperazine rings is 1. The smallest absolute Gasteiger partial charge is 0.289 e. The summed E-state index contributed by atoms with van der Waals surface area (Å²) in [6.07, 6.45) is 3.26. The Kier molecular flexibility index (Phi) is 3.76. The Morgan fingerprint density at radius 3 is 2.36 bits per heavy atom. The minimum Gasteiger partial charge on any atom is -0.459 e. The topological polar surface area (TPSA) is 71.1 Å². The molecule has 1 saturated heterocycles. The maximum absolute atomic E-state index is 12.7. The molecule has 0 aliphatic carbocycles. The van der Waals surface area contributed by atoms with Crippen molar-refractivity contribution in [1.29, 1.82) is 0 Å². The van der Waals surface area contributed by atoms with Crippen LogP contribution >= 0.6 is 0 Å². The van der Waals surface area contributed by atoms with E-state index >= 15 is 0 Å². The van der Waals surface area contributed by atoms with Crippen LogP contribution in [0, 0.1) is 6.92 Å². The van der Waals surface area contributed by atoms with Gasteiger partial charge in [-0.3, -0.25) is 9.59 Å². The van der Waals surface area contributed by atoms with Gasteiger partial charge in [-0.2, -0.15) is 0 Å². The normalized spacial score (nSPS) is 14.9. The number of aromatic nitrogens is 2. The van der Waals surface area contributed by atoms with Crippen molar-refractivity contribution in [3.8, 4) is 0 Å². The quantitative estimate of drug-likeness (QED) is 0.715. The minimum absolute atomic E-state index is 0.104. The van der Waals surface area contributed by atoms with Crippen molar-refractivity contribution in [2.45, 2.75) is 6.92 Å². The molecule has 7 heteroatoms. The molecule has 1 aliphatic rings. The van der Waals surface area contributed by atoms with Gasteiger partial charge >= 0.3 is 0 Å². The van der Waals surface area contributed by atoms with E-state index in [2.05, 4.69) is 4.98 Å². The molecule has 1 aliphatic heterocycles. The second kappa shape index (κ2) is 6.08. The Hall–Kier alpha value is -3.09. The molecular weight excluding hydrogens is 320 g/mol. The maximum atomic E-state index is 12.7. The van der Waals surface area contributed by atoms with Crippen LogP contribution in [0.15, 0.2) is 47.2 Å². The SMILES string of the molecule is Cc1cccc2nc(C(=O)N3CCN(C(=O)c4ccco4)CC3)cn12. The third kappa shape index (κ3) is 2.77. The van der Waals surface area contributed by atoms with E-state index in [0.29, 0.717) is 37.6 Å². The largest absolute Gasteiger partial charge is 0.459 e. The third-order valence-corrected chi connectivity index (χ3v) is 4.50. The first kappa shape index (κ1) is 15.4. The summed E-state index contributed by atoms with van der Waals surface area (Å²) >= 11 is 0. The lowest BCUT2D eigenvalue weighted by Gasteiger charge is -2.33. The molecule has 25 heavy (non-hydrogen) atoms. The van der Waals surface area contributed by atoms with Crippen molar-refractivity contribution < 1.29 is 14.0 Å². The molecule has 128 valence electrons. The number of imidazole rings is 1. The molecule has 0 aromatic carbocycles. The molecule has 4 rings (SSSR count). The zero-order valence-electron chi connectivity index (χ0n) is 13.9. The van der Waals surface area contributed by atoms with E-state index in [4.69, 9.17) is 4.42 Å². The van der Waals surface area contributed by atoms with E-state index in [-0.39, 0.29) is 11.8 Å². The summed E-state index contributed by atoms with van der Waals surface area (Å²) < 4.78 is 7.06. The second-order valence-corrected chi connectivity index (χ2v) is 6.08. The molecule has 0 bridgehead atoms. The molecular formula is C18H18N4O3. The predicted molar refractivity (Wildman–Crippen MR) is 90.4 cm³/mol. The lowest BCUT2D eigenvalue weighted by atomic mass is 10.2. The van der Waals surface area contributed by atoms with Crippen LogP contribution in [0.1, 0.15) is 26.7 Å². The highest BCUT2D eigenvalue weighted by Crippen LogP contribution is 2.14. The molecule has 4 heterocycles. The van der Waals surface area contributed by atoms with Gasteiger partial charge in [0.05, 0.1) is 6.26 Å². The monoisotopic (exact) mass is 338 g/mol. The van der Waals surface area contributed by atoms with Gasteiger partial charge in [-0.1, -0.05) is 6.07 Å².